The molecule has 0 saturated heterocycles. The molecule has 2 heterocycles. The van der Waals surface area contributed by atoms with Crippen LogP contribution in [0.4, 0.5) is 5.82 Å². The second-order valence-corrected chi connectivity index (χ2v) is 5.70. The fourth-order valence-electron chi connectivity index (χ4n) is 3.02. The molecule has 0 amide bonds. The Kier molecular flexibility index (Phi) is 3.75. The summed E-state index contributed by atoms with van der Waals surface area (Å²) >= 11 is 0. The lowest BCUT2D eigenvalue weighted by Gasteiger charge is -2.15. The number of benzene rings is 1. The van der Waals surface area contributed by atoms with Crippen molar-refractivity contribution in [3.8, 4) is 11.3 Å². The lowest BCUT2D eigenvalue weighted by molar-refractivity contribution is 0.271. The van der Waals surface area contributed by atoms with E-state index in [1.807, 2.05) is 13.8 Å². The van der Waals surface area contributed by atoms with Crippen LogP contribution in [-0.2, 0) is 13.2 Å². The highest BCUT2D eigenvalue weighted by atomic mass is 16.3. The number of nitrogens with two attached hydrogens (primary N) is 2. The number of anilines is 1. The molecule has 120 valence electrons. The number of hydrogen-bond acceptors (Lipinski definition) is 6. The van der Waals surface area contributed by atoms with Gasteiger partial charge in [-0.3, -0.25) is 0 Å². The van der Waals surface area contributed by atoms with Crippen molar-refractivity contribution in [3.05, 3.63) is 40.2 Å². The van der Waals surface area contributed by atoms with E-state index in [-0.39, 0.29) is 19.0 Å². The Morgan fingerprint density at radius 2 is 1.78 bits per heavy atom. The summed E-state index contributed by atoms with van der Waals surface area (Å²) in [6, 6.07) is 4.21. The third kappa shape index (κ3) is 2.43. The lowest BCUT2D eigenvalue weighted by atomic mass is 9.94. The average molecular weight is 312 g/mol. The summed E-state index contributed by atoms with van der Waals surface area (Å²) in [4.78, 5) is 8.82. The van der Waals surface area contributed by atoms with Gasteiger partial charge in [0.15, 0.2) is 5.82 Å². The summed E-state index contributed by atoms with van der Waals surface area (Å²) < 4.78 is 1.43. The van der Waals surface area contributed by atoms with Crippen molar-refractivity contribution in [1.82, 2.24) is 19.6 Å². The van der Waals surface area contributed by atoms with Crippen molar-refractivity contribution in [3.63, 3.8) is 0 Å². The average Bonchev–Trinajstić information content (AvgIpc) is 2.90. The molecule has 0 radical (unpaired) electrons. The Morgan fingerprint density at radius 1 is 1.13 bits per heavy atom. The Bertz CT molecular complexity index is 876. The standard InChI is InChI=1S/C16H20N6O/c1-8-4-9(2)13(10(3)5-8)14-11(6-17)15(18)22-16(20-14)19-12(7-23)21-22/h4-5,23H,6-7,17-18H2,1-3H3. The molecular formula is C16H20N6O. The van der Waals surface area contributed by atoms with Gasteiger partial charge in [0.05, 0.1) is 5.69 Å². The summed E-state index contributed by atoms with van der Waals surface area (Å²) in [5.41, 5.74) is 18.0. The van der Waals surface area contributed by atoms with Gasteiger partial charge in [-0.15, -0.1) is 5.10 Å². The highest BCUT2D eigenvalue weighted by Crippen LogP contribution is 2.32. The highest BCUT2D eigenvalue weighted by Gasteiger charge is 2.19. The number of nitrogen functional groups attached to an aromatic ring is 1. The van der Waals surface area contributed by atoms with E-state index in [1.165, 1.54) is 10.1 Å². The van der Waals surface area contributed by atoms with Gasteiger partial charge < -0.3 is 16.6 Å². The van der Waals surface area contributed by atoms with Gasteiger partial charge in [0.2, 0.25) is 0 Å². The number of hydrogen-bond donors (Lipinski definition) is 3. The predicted molar refractivity (Wildman–Crippen MR) is 88.7 cm³/mol. The van der Waals surface area contributed by atoms with Crippen molar-refractivity contribution in [2.75, 3.05) is 5.73 Å². The van der Waals surface area contributed by atoms with Gasteiger partial charge in [0.25, 0.3) is 5.78 Å². The van der Waals surface area contributed by atoms with Crippen LogP contribution in [0.1, 0.15) is 28.1 Å². The van der Waals surface area contributed by atoms with Gasteiger partial charge in [-0.05, 0) is 31.9 Å². The molecule has 3 rings (SSSR count). The first kappa shape index (κ1) is 15.4. The van der Waals surface area contributed by atoms with Crippen LogP contribution in [0.15, 0.2) is 12.1 Å². The van der Waals surface area contributed by atoms with Gasteiger partial charge in [0.1, 0.15) is 12.4 Å². The molecule has 0 aliphatic heterocycles. The minimum atomic E-state index is -0.265. The maximum atomic E-state index is 9.23. The summed E-state index contributed by atoms with van der Waals surface area (Å²) in [6.07, 6.45) is 0. The first-order valence-electron chi connectivity index (χ1n) is 7.39. The number of nitrogens with zero attached hydrogens (tertiary/aromatic N) is 4. The molecule has 0 aliphatic rings. The number of aryl methyl sites for hydroxylation is 3. The van der Waals surface area contributed by atoms with Crippen molar-refractivity contribution in [1.29, 1.82) is 0 Å². The van der Waals surface area contributed by atoms with Crippen molar-refractivity contribution < 1.29 is 5.11 Å². The molecule has 0 saturated carbocycles. The topological polar surface area (TPSA) is 115 Å². The fourth-order valence-corrected chi connectivity index (χ4v) is 3.02. The van der Waals surface area contributed by atoms with E-state index >= 15 is 0 Å². The van der Waals surface area contributed by atoms with Crippen LogP contribution < -0.4 is 11.5 Å². The number of aromatic nitrogens is 4. The molecule has 23 heavy (non-hydrogen) atoms. The molecule has 0 bridgehead atoms. The largest absolute Gasteiger partial charge is 0.388 e. The Balaban J connectivity index is 2.37. The molecule has 0 unspecified atom stereocenters. The first-order chi connectivity index (χ1) is 11.0. The molecule has 3 aromatic rings. The quantitative estimate of drug-likeness (QED) is 0.670. The Hall–Kier alpha value is -2.51. The molecule has 0 spiro atoms. The number of aliphatic hydroxyl groups excluding tert-OH is 1. The fraction of sp³-hybridized carbons (Fsp3) is 0.312. The van der Waals surface area contributed by atoms with Crippen LogP contribution >= 0.6 is 0 Å². The predicted octanol–water partition coefficient (Wildman–Crippen LogP) is 1.25. The van der Waals surface area contributed by atoms with Gasteiger partial charge in [0, 0.05) is 17.7 Å². The molecule has 1 aromatic carbocycles. The second kappa shape index (κ2) is 5.60. The van der Waals surface area contributed by atoms with E-state index < -0.39 is 0 Å². The van der Waals surface area contributed by atoms with E-state index in [9.17, 15) is 5.11 Å². The van der Waals surface area contributed by atoms with Gasteiger partial charge in [-0.25, -0.2) is 4.98 Å². The zero-order valence-electron chi connectivity index (χ0n) is 13.5. The van der Waals surface area contributed by atoms with E-state index in [1.54, 1.807) is 0 Å². The smallest absolute Gasteiger partial charge is 0.255 e. The third-order valence-corrected chi connectivity index (χ3v) is 3.93. The van der Waals surface area contributed by atoms with E-state index in [0.717, 1.165) is 27.9 Å². The minimum Gasteiger partial charge on any atom is -0.388 e. The zero-order chi connectivity index (χ0) is 16.7. The van der Waals surface area contributed by atoms with E-state index in [0.29, 0.717) is 11.6 Å². The molecule has 5 N–H and O–H groups in total. The first-order valence-corrected chi connectivity index (χ1v) is 7.39. The maximum absolute atomic E-state index is 9.23. The molecule has 0 aliphatic carbocycles. The van der Waals surface area contributed by atoms with E-state index in [4.69, 9.17) is 11.5 Å². The molecule has 0 fully saturated rings. The Labute approximate surface area is 134 Å². The minimum absolute atomic E-state index is 0.241. The number of fused-ring (bicyclic) bond motifs is 1. The van der Waals surface area contributed by atoms with Crippen LogP contribution in [0.25, 0.3) is 17.0 Å². The summed E-state index contributed by atoms with van der Waals surface area (Å²) in [6.45, 7) is 6.12. The lowest BCUT2D eigenvalue weighted by Crippen LogP contribution is -2.12. The summed E-state index contributed by atoms with van der Waals surface area (Å²) in [7, 11) is 0. The number of aliphatic hydroxyl groups is 1. The molecule has 2 aromatic heterocycles. The van der Waals surface area contributed by atoms with Crippen LogP contribution in [0.3, 0.4) is 0 Å². The van der Waals surface area contributed by atoms with Crippen molar-refractivity contribution in [2.24, 2.45) is 5.73 Å². The second-order valence-electron chi connectivity index (χ2n) is 5.70. The third-order valence-electron chi connectivity index (χ3n) is 3.93. The Morgan fingerprint density at radius 3 is 2.35 bits per heavy atom. The SMILES string of the molecule is Cc1cc(C)c(-c2nc3nc(CO)nn3c(N)c2CN)c(C)c1. The highest BCUT2D eigenvalue weighted by molar-refractivity contribution is 5.75. The monoisotopic (exact) mass is 312 g/mol. The van der Waals surface area contributed by atoms with Crippen molar-refractivity contribution in [2.45, 2.75) is 33.9 Å². The maximum Gasteiger partial charge on any atom is 0.255 e. The van der Waals surface area contributed by atoms with Crippen LogP contribution in [0.5, 0.6) is 0 Å². The van der Waals surface area contributed by atoms with Crippen LogP contribution in [0.2, 0.25) is 0 Å². The zero-order valence-corrected chi connectivity index (χ0v) is 13.5. The molecule has 7 nitrogen and oxygen atoms in total. The van der Waals surface area contributed by atoms with E-state index in [2.05, 4.69) is 34.1 Å². The summed E-state index contributed by atoms with van der Waals surface area (Å²) in [5, 5.41) is 13.4. The van der Waals surface area contributed by atoms with Gasteiger partial charge in [-0.1, -0.05) is 17.7 Å². The summed E-state index contributed by atoms with van der Waals surface area (Å²) in [5.74, 6) is 1.04. The molecule has 0 atom stereocenters. The van der Waals surface area contributed by atoms with Crippen LogP contribution in [-0.4, -0.2) is 24.7 Å². The normalized spacial score (nSPS) is 11.3. The molecular weight excluding hydrogens is 292 g/mol. The van der Waals surface area contributed by atoms with Gasteiger partial charge in [-0.2, -0.15) is 9.50 Å². The van der Waals surface area contributed by atoms with Crippen molar-refractivity contribution >= 4 is 11.6 Å². The number of rotatable bonds is 3. The molecule has 7 heteroatoms. The van der Waals surface area contributed by atoms with Gasteiger partial charge >= 0.3 is 0 Å². The van der Waals surface area contributed by atoms with Crippen LogP contribution in [0, 0.1) is 20.8 Å².